The van der Waals surface area contributed by atoms with Crippen LogP contribution in [-0.4, -0.2) is 31.6 Å². The molecule has 0 bridgehead atoms. The van der Waals surface area contributed by atoms with E-state index in [1.165, 1.54) is 44.8 Å². The molecule has 2 aromatic rings. The molecule has 0 unspecified atom stereocenters. The third-order valence-corrected chi connectivity index (χ3v) is 6.76. The lowest BCUT2D eigenvalue weighted by atomic mass is 9.71. The Morgan fingerprint density at radius 2 is 1.77 bits per heavy atom. The van der Waals surface area contributed by atoms with Crippen molar-refractivity contribution in [2.24, 2.45) is 11.3 Å². The Labute approximate surface area is 182 Å². The molecule has 1 aliphatic carbocycles. The van der Waals surface area contributed by atoms with Crippen molar-refractivity contribution >= 4 is 5.97 Å². The predicted molar refractivity (Wildman–Crippen MR) is 125 cm³/mol. The summed E-state index contributed by atoms with van der Waals surface area (Å²) in [6.45, 7) is 8.89. The summed E-state index contributed by atoms with van der Waals surface area (Å²) in [6.07, 6.45) is 6.90. The van der Waals surface area contributed by atoms with Crippen LogP contribution in [0.3, 0.4) is 0 Å². The summed E-state index contributed by atoms with van der Waals surface area (Å²) in [5, 5.41) is 0. The van der Waals surface area contributed by atoms with E-state index in [1.807, 2.05) is 18.2 Å². The van der Waals surface area contributed by atoms with Crippen molar-refractivity contribution in [2.45, 2.75) is 59.4 Å². The number of carbonyl (C=O) groups is 1. The second-order valence-electron chi connectivity index (χ2n) is 9.68. The smallest absolute Gasteiger partial charge is 0.338 e. The molecular weight excluding hydrogens is 370 g/mol. The van der Waals surface area contributed by atoms with E-state index < -0.39 is 0 Å². The van der Waals surface area contributed by atoms with E-state index in [9.17, 15) is 4.79 Å². The van der Waals surface area contributed by atoms with Crippen LogP contribution in [0.25, 0.3) is 11.1 Å². The van der Waals surface area contributed by atoms with E-state index in [4.69, 9.17) is 4.74 Å². The molecule has 0 heterocycles. The molecule has 0 atom stereocenters. The Kier molecular flexibility index (Phi) is 7.36. The maximum absolute atomic E-state index is 12.4. The summed E-state index contributed by atoms with van der Waals surface area (Å²) in [6, 6.07) is 14.4. The van der Waals surface area contributed by atoms with Crippen molar-refractivity contribution in [3.63, 3.8) is 0 Å². The van der Waals surface area contributed by atoms with Crippen molar-refractivity contribution in [2.75, 3.05) is 20.7 Å². The van der Waals surface area contributed by atoms with Gasteiger partial charge in [-0.3, -0.25) is 0 Å². The third kappa shape index (κ3) is 5.31. The van der Waals surface area contributed by atoms with Crippen LogP contribution < -0.4 is 0 Å². The van der Waals surface area contributed by atoms with Crippen LogP contribution in [-0.2, 0) is 11.3 Å². The number of methoxy groups -OCH3 is 1. The maximum Gasteiger partial charge on any atom is 0.338 e. The van der Waals surface area contributed by atoms with Crippen LogP contribution in [0.15, 0.2) is 42.5 Å². The molecule has 3 rings (SSSR count). The molecule has 0 spiro atoms. The number of benzene rings is 2. The molecule has 1 aliphatic rings. The Balaban J connectivity index is 1.81. The molecule has 3 heteroatoms. The summed E-state index contributed by atoms with van der Waals surface area (Å²) in [4.78, 5) is 14.8. The maximum atomic E-state index is 12.4. The highest BCUT2D eigenvalue weighted by Crippen LogP contribution is 2.39. The van der Waals surface area contributed by atoms with Gasteiger partial charge in [-0.15, -0.1) is 0 Å². The van der Waals surface area contributed by atoms with Gasteiger partial charge in [0, 0.05) is 13.1 Å². The minimum atomic E-state index is -0.286. The molecule has 1 fully saturated rings. The normalized spacial score (nSPS) is 15.4. The first-order valence-corrected chi connectivity index (χ1v) is 11.3. The van der Waals surface area contributed by atoms with E-state index in [0.29, 0.717) is 11.0 Å². The van der Waals surface area contributed by atoms with E-state index >= 15 is 0 Å². The van der Waals surface area contributed by atoms with Gasteiger partial charge < -0.3 is 9.64 Å². The zero-order valence-corrected chi connectivity index (χ0v) is 19.3. The SMILES string of the molecule is COC(=O)c1ccc(CN(C)CC(C)(C)C2CCCCC2)cc1-c1ccccc1C. The van der Waals surface area contributed by atoms with Crippen molar-refractivity contribution in [3.05, 3.63) is 59.2 Å². The molecule has 0 aliphatic heterocycles. The average molecular weight is 408 g/mol. The van der Waals surface area contributed by atoms with E-state index in [1.54, 1.807) is 0 Å². The number of ether oxygens (including phenoxy) is 1. The fraction of sp³-hybridized carbons (Fsp3) is 0.519. The zero-order chi connectivity index (χ0) is 21.7. The largest absolute Gasteiger partial charge is 0.465 e. The average Bonchev–Trinajstić information content (AvgIpc) is 2.73. The topological polar surface area (TPSA) is 29.5 Å². The number of hydrogen-bond donors (Lipinski definition) is 0. The number of carbonyl (C=O) groups excluding carboxylic acids is 1. The molecule has 1 saturated carbocycles. The first-order chi connectivity index (χ1) is 14.3. The van der Waals surface area contributed by atoms with E-state index in [-0.39, 0.29) is 5.97 Å². The van der Waals surface area contributed by atoms with Crippen LogP contribution in [0.5, 0.6) is 0 Å². The van der Waals surface area contributed by atoms with Gasteiger partial charge >= 0.3 is 5.97 Å². The molecule has 3 nitrogen and oxygen atoms in total. The molecule has 0 N–H and O–H groups in total. The summed E-state index contributed by atoms with van der Waals surface area (Å²) in [5.74, 6) is 0.532. The molecule has 0 aromatic heterocycles. The second kappa shape index (κ2) is 9.78. The van der Waals surface area contributed by atoms with Crippen LogP contribution in [0.2, 0.25) is 0 Å². The summed E-state index contributed by atoms with van der Waals surface area (Å²) in [7, 11) is 3.66. The quantitative estimate of drug-likeness (QED) is 0.492. The number of aryl methyl sites for hydroxylation is 1. The van der Waals surface area contributed by atoms with Crippen LogP contribution in [0, 0.1) is 18.3 Å². The van der Waals surface area contributed by atoms with Crippen molar-refractivity contribution in [1.29, 1.82) is 0 Å². The highest BCUT2D eigenvalue weighted by Gasteiger charge is 2.31. The molecular formula is C27H37NO2. The van der Waals surface area contributed by atoms with Gasteiger partial charge in [-0.25, -0.2) is 4.79 Å². The van der Waals surface area contributed by atoms with E-state index in [0.717, 1.165) is 35.7 Å². The van der Waals surface area contributed by atoms with Crippen LogP contribution in [0.1, 0.15) is 67.4 Å². The Morgan fingerprint density at radius 3 is 2.43 bits per heavy atom. The second-order valence-corrected chi connectivity index (χ2v) is 9.68. The first kappa shape index (κ1) is 22.6. The monoisotopic (exact) mass is 407 g/mol. The van der Waals surface area contributed by atoms with Crippen molar-refractivity contribution in [3.8, 4) is 11.1 Å². The van der Waals surface area contributed by atoms with Gasteiger partial charge in [0.05, 0.1) is 12.7 Å². The number of hydrogen-bond acceptors (Lipinski definition) is 3. The molecule has 0 radical (unpaired) electrons. The van der Waals surface area contributed by atoms with Crippen molar-refractivity contribution in [1.82, 2.24) is 4.90 Å². The van der Waals surface area contributed by atoms with Gasteiger partial charge in [0.2, 0.25) is 0 Å². The van der Waals surface area contributed by atoms with Crippen LogP contribution in [0.4, 0.5) is 0 Å². The Bertz CT molecular complexity index is 865. The zero-order valence-electron chi connectivity index (χ0n) is 19.3. The van der Waals surface area contributed by atoms with Crippen molar-refractivity contribution < 1.29 is 9.53 Å². The highest BCUT2D eigenvalue weighted by molar-refractivity contribution is 5.97. The molecule has 2 aromatic carbocycles. The van der Waals surface area contributed by atoms with Crippen LogP contribution >= 0.6 is 0 Å². The molecule has 162 valence electrons. The summed E-state index contributed by atoms with van der Waals surface area (Å²) >= 11 is 0. The third-order valence-electron chi connectivity index (χ3n) is 6.76. The number of nitrogens with zero attached hydrogens (tertiary/aromatic N) is 1. The minimum absolute atomic E-state index is 0.286. The number of esters is 1. The fourth-order valence-electron chi connectivity index (χ4n) is 5.15. The summed E-state index contributed by atoms with van der Waals surface area (Å²) < 4.78 is 5.04. The fourth-order valence-corrected chi connectivity index (χ4v) is 5.15. The lowest BCUT2D eigenvalue weighted by Gasteiger charge is -2.39. The molecule has 0 amide bonds. The lowest BCUT2D eigenvalue weighted by Crippen LogP contribution is -2.37. The number of rotatable bonds is 7. The van der Waals surface area contributed by atoms with Gasteiger partial charge in [-0.2, -0.15) is 0 Å². The molecule has 0 saturated heterocycles. The molecule has 30 heavy (non-hydrogen) atoms. The van der Waals surface area contributed by atoms with E-state index in [2.05, 4.69) is 57.0 Å². The first-order valence-electron chi connectivity index (χ1n) is 11.3. The Hall–Kier alpha value is -2.13. The minimum Gasteiger partial charge on any atom is -0.465 e. The predicted octanol–water partition coefficient (Wildman–Crippen LogP) is 6.49. The van der Waals surface area contributed by atoms with Gasteiger partial charge in [0.1, 0.15) is 0 Å². The summed E-state index contributed by atoms with van der Waals surface area (Å²) in [5.41, 5.74) is 5.37. The highest BCUT2D eigenvalue weighted by atomic mass is 16.5. The van der Waals surface area contributed by atoms with Gasteiger partial charge in [0.25, 0.3) is 0 Å². The Morgan fingerprint density at radius 1 is 1.07 bits per heavy atom. The standard InChI is InChI=1S/C27H37NO2/c1-20-11-9-10-14-23(20)25-17-21(15-16-24(25)26(29)30-5)18-28(4)19-27(2,3)22-12-7-6-8-13-22/h9-11,14-17,22H,6-8,12-13,18-19H2,1-5H3. The van der Waals surface area contributed by atoms with Gasteiger partial charge in [-0.1, -0.05) is 63.4 Å². The lowest BCUT2D eigenvalue weighted by molar-refractivity contribution is 0.0601. The van der Waals surface area contributed by atoms with Gasteiger partial charge in [0.15, 0.2) is 0 Å². The van der Waals surface area contributed by atoms with Gasteiger partial charge in [-0.05, 0) is 72.5 Å².